The number of aromatic nitrogens is 3. The first-order valence-corrected chi connectivity index (χ1v) is 7.02. The van der Waals surface area contributed by atoms with E-state index in [2.05, 4.69) is 25.6 Å². The number of hydrogen-bond donors (Lipinski definition) is 2. The van der Waals surface area contributed by atoms with Crippen LogP contribution in [0.15, 0.2) is 30.7 Å². The van der Waals surface area contributed by atoms with Crippen molar-refractivity contribution in [1.82, 2.24) is 20.3 Å². The second-order valence-electron chi connectivity index (χ2n) is 5.15. The Morgan fingerprint density at radius 1 is 1.33 bits per heavy atom. The van der Waals surface area contributed by atoms with E-state index in [-0.39, 0.29) is 11.9 Å². The summed E-state index contributed by atoms with van der Waals surface area (Å²) in [6, 6.07) is 3.94. The highest BCUT2D eigenvalue weighted by atomic mass is 16.1. The van der Waals surface area contributed by atoms with E-state index in [1.54, 1.807) is 12.4 Å². The van der Waals surface area contributed by atoms with Gasteiger partial charge in [0.15, 0.2) is 0 Å². The van der Waals surface area contributed by atoms with E-state index >= 15 is 0 Å². The van der Waals surface area contributed by atoms with Gasteiger partial charge >= 0.3 is 0 Å². The Hall–Kier alpha value is -2.34. The third-order valence-electron chi connectivity index (χ3n) is 3.48. The Bertz CT molecular complexity index is 635. The van der Waals surface area contributed by atoms with E-state index in [4.69, 9.17) is 0 Å². The van der Waals surface area contributed by atoms with E-state index in [0.29, 0.717) is 11.5 Å². The molecule has 1 aliphatic rings. The lowest BCUT2D eigenvalue weighted by molar-refractivity contribution is 0.102. The predicted octanol–water partition coefficient (Wildman–Crippen LogP) is 1.86. The monoisotopic (exact) mass is 283 g/mol. The van der Waals surface area contributed by atoms with Crippen LogP contribution in [-0.2, 0) is 0 Å². The number of pyridine rings is 1. The van der Waals surface area contributed by atoms with Crippen molar-refractivity contribution >= 4 is 11.7 Å². The number of amides is 1. The number of carbonyl (C=O) groups excluding carboxylic acids is 1. The molecule has 3 heterocycles. The van der Waals surface area contributed by atoms with Gasteiger partial charge in [-0.05, 0) is 44.0 Å². The molecule has 21 heavy (non-hydrogen) atoms. The van der Waals surface area contributed by atoms with Crippen LogP contribution in [0.1, 0.15) is 40.6 Å². The van der Waals surface area contributed by atoms with Gasteiger partial charge < -0.3 is 10.6 Å². The van der Waals surface area contributed by atoms with Gasteiger partial charge in [-0.25, -0.2) is 9.97 Å². The molecule has 0 spiro atoms. The molecule has 0 bridgehead atoms. The van der Waals surface area contributed by atoms with Gasteiger partial charge in [-0.1, -0.05) is 0 Å². The lowest BCUT2D eigenvalue weighted by Crippen LogP contribution is -2.18. The Balaban J connectivity index is 1.70. The maximum atomic E-state index is 12.1. The minimum Gasteiger partial charge on any atom is -0.309 e. The maximum Gasteiger partial charge on any atom is 0.277 e. The SMILES string of the molecule is Cc1ccnc(NC(=O)c2cnc([C@@H]3CCCN3)cn2)c1. The molecule has 2 aromatic heterocycles. The number of carbonyl (C=O) groups is 1. The molecule has 1 amide bonds. The molecule has 2 aromatic rings. The number of nitrogens with zero attached hydrogens (tertiary/aromatic N) is 3. The first-order chi connectivity index (χ1) is 10.2. The summed E-state index contributed by atoms with van der Waals surface area (Å²) in [6.07, 6.45) is 7.05. The summed E-state index contributed by atoms with van der Waals surface area (Å²) in [4.78, 5) is 24.7. The van der Waals surface area contributed by atoms with Gasteiger partial charge in [0.25, 0.3) is 5.91 Å². The summed E-state index contributed by atoms with van der Waals surface area (Å²) in [7, 11) is 0. The fraction of sp³-hybridized carbons (Fsp3) is 0.333. The van der Waals surface area contributed by atoms with Crippen LogP contribution in [0, 0.1) is 6.92 Å². The highest BCUT2D eigenvalue weighted by Crippen LogP contribution is 2.20. The molecule has 6 nitrogen and oxygen atoms in total. The molecule has 0 saturated carbocycles. The topological polar surface area (TPSA) is 79.8 Å². The Kier molecular flexibility index (Phi) is 3.87. The Labute approximate surface area is 123 Å². The van der Waals surface area contributed by atoms with Crippen LogP contribution in [0.2, 0.25) is 0 Å². The normalized spacial score (nSPS) is 17.7. The fourth-order valence-corrected chi connectivity index (χ4v) is 2.36. The summed E-state index contributed by atoms with van der Waals surface area (Å²) in [5.41, 5.74) is 2.21. The molecular formula is C15H17N5O. The van der Waals surface area contributed by atoms with Gasteiger partial charge in [0, 0.05) is 6.20 Å². The molecule has 0 aromatic carbocycles. The molecule has 1 fully saturated rings. The van der Waals surface area contributed by atoms with E-state index in [1.165, 1.54) is 6.20 Å². The zero-order valence-electron chi connectivity index (χ0n) is 11.8. The molecule has 0 radical (unpaired) electrons. The minimum absolute atomic E-state index is 0.257. The zero-order chi connectivity index (χ0) is 14.7. The van der Waals surface area contributed by atoms with Crippen molar-refractivity contribution in [3.8, 4) is 0 Å². The fourth-order valence-electron chi connectivity index (χ4n) is 2.36. The second kappa shape index (κ2) is 5.97. The van der Waals surface area contributed by atoms with Crippen molar-refractivity contribution in [2.24, 2.45) is 0 Å². The molecule has 0 unspecified atom stereocenters. The van der Waals surface area contributed by atoms with E-state index < -0.39 is 0 Å². The van der Waals surface area contributed by atoms with Crippen molar-refractivity contribution in [2.75, 3.05) is 11.9 Å². The van der Waals surface area contributed by atoms with Crippen molar-refractivity contribution in [3.05, 3.63) is 47.7 Å². The molecule has 3 rings (SSSR count). The van der Waals surface area contributed by atoms with Crippen molar-refractivity contribution in [3.63, 3.8) is 0 Å². The van der Waals surface area contributed by atoms with Gasteiger partial charge in [-0.15, -0.1) is 0 Å². The predicted molar refractivity (Wildman–Crippen MR) is 78.9 cm³/mol. The van der Waals surface area contributed by atoms with Crippen LogP contribution in [0.3, 0.4) is 0 Å². The van der Waals surface area contributed by atoms with E-state index in [1.807, 2.05) is 19.1 Å². The third-order valence-corrected chi connectivity index (χ3v) is 3.48. The smallest absolute Gasteiger partial charge is 0.277 e. The summed E-state index contributed by atoms with van der Waals surface area (Å²) in [6.45, 7) is 2.95. The highest BCUT2D eigenvalue weighted by molar-refractivity contribution is 6.02. The molecular weight excluding hydrogens is 266 g/mol. The molecule has 1 saturated heterocycles. The third kappa shape index (κ3) is 3.22. The van der Waals surface area contributed by atoms with E-state index in [0.717, 1.165) is 30.6 Å². The van der Waals surface area contributed by atoms with Gasteiger partial charge in [-0.2, -0.15) is 0 Å². The first-order valence-electron chi connectivity index (χ1n) is 7.02. The summed E-state index contributed by atoms with van der Waals surface area (Å²) in [5.74, 6) is 0.217. The Morgan fingerprint density at radius 3 is 2.90 bits per heavy atom. The van der Waals surface area contributed by atoms with Gasteiger partial charge in [-0.3, -0.25) is 9.78 Å². The van der Waals surface area contributed by atoms with Crippen LogP contribution in [0.25, 0.3) is 0 Å². The van der Waals surface area contributed by atoms with Crippen LogP contribution < -0.4 is 10.6 Å². The zero-order valence-corrected chi connectivity index (χ0v) is 11.8. The van der Waals surface area contributed by atoms with Crippen molar-refractivity contribution in [2.45, 2.75) is 25.8 Å². The lowest BCUT2D eigenvalue weighted by atomic mass is 10.2. The summed E-state index contributed by atoms with van der Waals surface area (Å²) >= 11 is 0. The number of nitrogens with one attached hydrogen (secondary N) is 2. The highest BCUT2D eigenvalue weighted by Gasteiger charge is 2.18. The van der Waals surface area contributed by atoms with Crippen LogP contribution in [0.4, 0.5) is 5.82 Å². The number of hydrogen-bond acceptors (Lipinski definition) is 5. The standard InChI is InChI=1S/C15H17N5O/c1-10-4-6-17-14(7-10)20-15(21)13-9-18-12(8-19-13)11-3-2-5-16-11/h4,6-9,11,16H,2-3,5H2,1H3,(H,17,20,21)/t11-/m0/s1. The van der Waals surface area contributed by atoms with Crippen molar-refractivity contribution < 1.29 is 4.79 Å². The average molecular weight is 283 g/mol. The molecule has 6 heteroatoms. The molecule has 2 N–H and O–H groups in total. The number of aryl methyl sites for hydroxylation is 1. The molecule has 1 atom stereocenters. The van der Waals surface area contributed by atoms with Crippen LogP contribution >= 0.6 is 0 Å². The van der Waals surface area contributed by atoms with Gasteiger partial charge in [0.2, 0.25) is 0 Å². The number of anilines is 1. The molecule has 108 valence electrons. The van der Waals surface area contributed by atoms with Crippen LogP contribution in [0.5, 0.6) is 0 Å². The number of rotatable bonds is 3. The molecule has 1 aliphatic heterocycles. The largest absolute Gasteiger partial charge is 0.309 e. The quantitative estimate of drug-likeness (QED) is 0.898. The van der Waals surface area contributed by atoms with Gasteiger partial charge in [0.1, 0.15) is 11.5 Å². The Morgan fingerprint density at radius 2 is 2.24 bits per heavy atom. The summed E-state index contributed by atoms with van der Waals surface area (Å²) < 4.78 is 0. The van der Waals surface area contributed by atoms with E-state index in [9.17, 15) is 4.79 Å². The summed E-state index contributed by atoms with van der Waals surface area (Å²) in [5, 5.41) is 6.07. The average Bonchev–Trinajstić information content (AvgIpc) is 3.01. The maximum absolute atomic E-state index is 12.1. The van der Waals surface area contributed by atoms with Crippen LogP contribution in [-0.4, -0.2) is 27.4 Å². The lowest BCUT2D eigenvalue weighted by Gasteiger charge is -2.09. The van der Waals surface area contributed by atoms with Gasteiger partial charge in [0.05, 0.1) is 24.1 Å². The molecule has 0 aliphatic carbocycles. The van der Waals surface area contributed by atoms with Crippen molar-refractivity contribution in [1.29, 1.82) is 0 Å². The first kappa shape index (κ1) is 13.6. The second-order valence-corrected chi connectivity index (χ2v) is 5.15. The minimum atomic E-state index is -0.300.